The Hall–Kier alpha value is -2.95. The average Bonchev–Trinajstić information content (AvgIpc) is 2.97. The molecule has 0 aliphatic carbocycles. The third-order valence-corrected chi connectivity index (χ3v) is 3.19. The van der Waals surface area contributed by atoms with Crippen molar-refractivity contribution in [3.8, 4) is 22.8 Å². The minimum Gasteiger partial charge on any atom is -0.545 e. The molecule has 104 valence electrons. The van der Waals surface area contributed by atoms with E-state index >= 15 is 0 Å². The molecular formula is C16H11N2O3-. The van der Waals surface area contributed by atoms with Gasteiger partial charge in [-0.15, -0.1) is 0 Å². The normalized spacial score (nSPS) is 10.5. The molecule has 0 radical (unpaired) electrons. The number of rotatable bonds is 3. The molecule has 2 aromatic carbocycles. The van der Waals surface area contributed by atoms with Crippen molar-refractivity contribution in [1.29, 1.82) is 0 Å². The van der Waals surface area contributed by atoms with Gasteiger partial charge in [-0.2, -0.15) is 4.98 Å². The van der Waals surface area contributed by atoms with Gasteiger partial charge < -0.3 is 14.4 Å². The summed E-state index contributed by atoms with van der Waals surface area (Å²) in [6.45, 7) is 1.94. The first-order valence-electron chi connectivity index (χ1n) is 6.37. The van der Waals surface area contributed by atoms with Crippen LogP contribution < -0.4 is 5.11 Å². The summed E-state index contributed by atoms with van der Waals surface area (Å²) in [7, 11) is 0. The molecule has 21 heavy (non-hydrogen) atoms. The number of carbonyl (C=O) groups excluding carboxylic acids is 1. The number of nitrogens with zero attached hydrogens (tertiary/aromatic N) is 2. The van der Waals surface area contributed by atoms with E-state index in [4.69, 9.17) is 4.52 Å². The summed E-state index contributed by atoms with van der Waals surface area (Å²) in [5.41, 5.74) is 2.23. The molecule has 0 N–H and O–H groups in total. The van der Waals surface area contributed by atoms with Crippen molar-refractivity contribution in [3.63, 3.8) is 0 Å². The maximum Gasteiger partial charge on any atom is 0.258 e. The highest BCUT2D eigenvalue weighted by molar-refractivity contribution is 5.93. The Morgan fingerprint density at radius 1 is 1.05 bits per heavy atom. The maximum atomic E-state index is 11.1. The fraction of sp³-hybridized carbons (Fsp3) is 0.0625. The molecule has 3 rings (SSSR count). The molecule has 0 saturated heterocycles. The summed E-state index contributed by atoms with van der Waals surface area (Å²) in [5.74, 6) is -0.689. The summed E-state index contributed by atoms with van der Waals surface area (Å²) in [4.78, 5) is 15.4. The SMILES string of the molecule is Cc1ccccc1-c1noc(-c2ccccc2C(=O)[O-])n1. The standard InChI is InChI=1S/C16H12N2O3/c1-10-6-2-3-7-11(10)14-17-15(21-18-14)12-8-4-5-9-13(12)16(19)20/h2-9H,1H3,(H,19,20)/p-1. The van der Waals surface area contributed by atoms with Gasteiger partial charge in [0.25, 0.3) is 5.89 Å². The van der Waals surface area contributed by atoms with Crippen LogP contribution in [0, 0.1) is 6.92 Å². The van der Waals surface area contributed by atoms with Crippen LogP contribution in [-0.4, -0.2) is 16.1 Å². The van der Waals surface area contributed by atoms with Gasteiger partial charge in [0.05, 0.1) is 5.97 Å². The molecule has 3 aromatic rings. The molecule has 0 aliphatic heterocycles. The van der Waals surface area contributed by atoms with Crippen molar-refractivity contribution in [2.45, 2.75) is 6.92 Å². The predicted octanol–water partition coefficient (Wildman–Crippen LogP) is 2.08. The average molecular weight is 279 g/mol. The third kappa shape index (κ3) is 2.41. The second-order valence-corrected chi connectivity index (χ2v) is 4.57. The summed E-state index contributed by atoms with van der Waals surface area (Å²) in [6, 6.07) is 14.0. The van der Waals surface area contributed by atoms with E-state index in [2.05, 4.69) is 10.1 Å². The Kier molecular flexibility index (Phi) is 3.23. The van der Waals surface area contributed by atoms with Crippen LogP contribution in [-0.2, 0) is 0 Å². The Balaban J connectivity index is 2.08. The number of hydrogen-bond donors (Lipinski definition) is 0. The number of aromatic nitrogens is 2. The van der Waals surface area contributed by atoms with Gasteiger partial charge in [0.2, 0.25) is 5.82 Å². The first-order valence-corrected chi connectivity index (χ1v) is 6.37. The van der Waals surface area contributed by atoms with Crippen molar-refractivity contribution < 1.29 is 14.4 Å². The predicted molar refractivity (Wildman–Crippen MR) is 74.2 cm³/mol. The van der Waals surface area contributed by atoms with Gasteiger partial charge in [0.1, 0.15) is 0 Å². The minimum atomic E-state index is -1.28. The Morgan fingerprint density at radius 2 is 1.71 bits per heavy atom. The molecule has 0 unspecified atom stereocenters. The second-order valence-electron chi connectivity index (χ2n) is 4.57. The second kappa shape index (κ2) is 5.20. The molecular weight excluding hydrogens is 268 g/mol. The summed E-state index contributed by atoms with van der Waals surface area (Å²) >= 11 is 0. The lowest BCUT2D eigenvalue weighted by Crippen LogP contribution is -2.22. The quantitative estimate of drug-likeness (QED) is 0.733. The lowest BCUT2D eigenvalue weighted by atomic mass is 10.1. The van der Waals surface area contributed by atoms with Gasteiger partial charge in [-0.1, -0.05) is 47.6 Å². The van der Waals surface area contributed by atoms with Crippen LogP contribution in [0.4, 0.5) is 0 Å². The fourth-order valence-electron chi connectivity index (χ4n) is 2.11. The number of carbonyl (C=O) groups is 1. The highest BCUT2D eigenvalue weighted by Gasteiger charge is 2.15. The highest BCUT2D eigenvalue weighted by atomic mass is 16.5. The number of aryl methyl sites for hydroxylation is 1. The molecule has 0 spiro atoms. The van der Waals surface area contributed by atoms with E-state index in [0.717, 1.165) is 11.1 Å². The molecule has 5 heteroatoms. The summed E-state index contributed by atoms with van der Waals surface area (Å²) < 4.78 is 5.20. The van der Waals surface area contributed by atoms with Gasteiger partial charge >= 0.3 is 0 Å². The smallest absolute Gasteiger partial charge is 0.258 e. The van der Waals surface area contributed by atoms with Crippen LogP contribution in [0.2, 0.25) is 0 Å². The summed E-state index contributed by atoms with van der Waals surface area (Å²) in [6.07, 6.45) is 0. The largest absolute Gasteiger partial charge is 0.545 e. The van der Waals surface area contributed by atoms with Crippen LogP contribution in [0.25, 0.3) is 22.8 Å². The van der Waals surface area contributed by atoms with E-state index < -0.39 is 5.97 Å². The molecule has 1 heterocycles. The molecule has 0 fully saturated rings. The lowest BCUT2D eigenvalue weighted by Gasteiger charge is -2.05. The molecule has 1 aromatic heterocycles. The third-order valence-electron chi connectivity index (χ3n) is 3.19. The van der Waals surface area contributed by atoms with Crippen molar-refractivity contribution in [2.24, 2.45) is 0 Å². The zero-order valence-corrected chi connectivity index (χ0v) is 11.2. The number of aromatic carboxylic acids is 1. The lowest BCUT2D eigenvalue weighted by molar-refractivity contribution is -0.254. The van der Waals surface area contributed by atoms with Crippen LogP contribution in [0.15, 0.2) is 53.1 Å². The van der Waals surface area contributed by atoms with Crippen molar-refractivity contribution >= 4 is 5.97 Å². The molecule has 5 nitrogen and oxygen atoms in total. The van der Waals surface area contributed by atoms with Crippen LogP contribution in [0.1, 0.15) is 15.9 Å². The molecule has 0 saturated carbocycles. The zero-order chi connectivity index (χ0) is 14.8. The van der Waals surface area contributed by atoms with Gasteiger partial charge in [0.15, 0.2) is 0 Å². The summed E-state index contributed by atoms with van der Waals surface area (Å²) in [5, 5.41) is 15.0. The first-order chi connectivity index (χ1) is 10.2. The highest BCUT2D eigenvalue weighted by Crippen LogP contribution is 2.26. The van der Waals surface area contributed by atoms with Gasteiger partial charge in [0, 0.05) is 16.7 Å². The van der Waals surface area contributed by atoms with E-state index in [1.165, 1.54) is 6.07 Å². The first kappa shape index (κ1) is 13.1. The Labute approximate surface area is 120 Å². The molecule has 0 amide bonds. The number of hydrogen-bond acceptors (Lipinski definition) is 5. The van der Waals surface area contributed by atoms with Crippen molar-refractivity contribution in [1.82, 2.24) is 10.1 Å². The van der Waals surface area contributed by atoms with E-state index in [-0.39, 0.29) is 11.5 Å². The van der Waals surface area contributed by atoms with E-state index in [1.807, 2.05) is 31.2 Å². The molecule has 0 bridgehead atoms. The Morgan fingerprint density at radius 3 is 2.43 bits per heavy atom. The van der Waals surface area contributed by atoms with Crippen LogP contribution in [0.3, 0.4) is 0 Å². The van der Waals surface area contributed by atoms with Crippen LogP contribution in [0.5, 0.6) is 0 Å². The monoisotopic (exact) mass is 279 g/mol. The van der Waals surface area contributed by atoms with Gasteiger partial charge in [-0.05, 0) is 18.6 Å². The molecule has 0 aliphatic rings. The maximum absolute atomic E-state index is 11.1. The van der Waals surface area contributed by atoms with Gasteiger partial charge in [-0.3, -0.25) is 0 Å². The fourth-order valence-corrected chi connectivity index (χ4v) is 2.11. The van der Waals surface area contributed by atoms with E-state index in [0.29, 0.717) is 11.4 Å². The zero-order valence-electron chi connectivity index (χ0n) is 11.2. The van der Waals surface area contributed by atoms with E-state index in [9.17, 15) is 9.90 Å². The number of benzene rings is 2. The van der Waals surface area contributed by atoms with Crippen molar-refractivity contribution in [3.05, 3.63) is 59.7 Å². The van der Waals surface area contributed by atoms with Gasteiger partial charge in [-0.25, -0.2) is 0 Å². The van der Waals surface area contributed by atoms with Crippen molar-refractivity contribution in [2.75, 3.05) is 0 Å². The van der Waals surface area contributed by atoms with E-state index in [1.54, 1.807) is 18.2 Å². The topological polar surface area (TPSA) is 79.0 Å². The molecule has 0 atom stereocenters. The Bertz CT molecular complexity index is 809. The number of carboxylic acids is 1. The minimum absolute atomic E-state index is 0.0254. The van der Waals surface area contributed by atoms with Crippen LogP contribution >= 0.6 is 0 Å². The number of carboxylic acid groups (broad SMARTS) is 1.